The van der Waals surface area contributed by atoms with Crippen molar-refractivity contribution in [2.45, 2.75) is 20.3 Å². The number of urea groups is 1. The Morgan fingerprint density at radius 2 is 1.78 bits per heavy atom. The minimum absolute atomic E-state index is 0.00516. The van der Waals surface area contributed by atoms with Crippen LogP contribution in [0.25, 0.3) is 0 Å². The maximum Gasteiger partial charge on any atom is 0.325 e. The number of hydrogen-bond donors (Lipinski definition) is 4. The molecule has 0 aliphatic carbocycles. The molecule has 0 fully saturated rings. The number of nitrogens with one attached hydrogen (secondary N) is 4. The van der Waals surface area contributed by atoms with Gasteiger partial charge in [-0.1, -0.05) is 12.1 Å². The van der Waals surface area contributed by atoms with E-state index in [1.807, 2.05) is 25.1 Å². The molecule has 3 aromatic rings. The topological polar surface area (TPSA) is 121 Å². The summed E-state index contributed by atoms with van der Waals surface area (Å²) in [7, 11) is 1.49. The molecule has 4 N–H and O–H groups in total. The van der Waals surface area contributed by atoms with E-state index in [-0.39, 0.29) is 18.2 Å². The monoisotopic (exact) mass is 453 g/mol. The predicted octanol–water partition coefficient (Wildman–Crippen LogP) is 4.24. The number of aryl methyl sites for hydroxylation is 1. The fraction of sp³-hybridized carbons (Fsp3) is 0.182. The van der Waals surface area contributed by atoms with Crippen molar-refractivity contribution in [3.05, 3.63) is 59.1 Å². The van der Waals surface area contributed by atoms with Crippen LogP contribution in [0, 0.1) is 6.92 Å². The highest BCUT2D eigenvalue weighted by Crippen LogP contribution is 2.28. The first kappa shape index (κ1) is 22.8. The van der Waals surface area contributed by atoms with E-state index in [9.17, 15) is 14.4 Å². The van der Waals surface area contributed by atoms with Gasteiger partial charge in [-0.15, -0.1) is 11.3 Å². The van der Waals surface area contributed by atoms with Crippen LogP contribution < -0.4 is 26.0 Å². The molecule has 2 aromatic carbocycles. The van der Waals surface area contributed by atoms with Gasteiger partial charge in [-0.05, 0) is 42.8 Å². The predicted molar refractivity (Wildman–Crippen MR) is 126 cm³/mol. The maximum atomic E-state index is 12.5. The van der Waals surface area contributed by atoms with Crippen LogP contribution in [0.5, 0.6) is 5.75 Å². The van der Waals surface area contributed by atoms with E-state index in [0.29, 0.717) is 33.6 Å². The highest BCUT2D eigenvalue weighted by molar-refractivity contribution is 7.14. The summed E-state index contributed by atoms with van der Waals surface area (Å²) in [6, 6.07) is 12.0. The number of methoxy groups -OCH3 is 1. The van der Waals surface area contributed by atoms with Gasteiger partial charge in [0.05, 0.1) is 24.9 Å². The number of nitrogens with zero attached hydrogens (tertiary/aromatic N) is 1. The standard InChI is InChI=1S/C22H23N5O4S/c1-13-5-4-6-15(9-13)24-21(30)27-22-25-17(12-32-22)11-20(29)26-18-10-16(23-14(2)28)7-8-19(18)31-3/h4-10,12H,11H2,1-3H3,(H,23,28)(H,26,29)(H2,24,25,27,30). The summed E-state index contributed by atoms with van der Waals surface area (Å²) in [5.74, 6) is -0.0772. The Morgan fingerprint density at radius 1 is 1.00 bits per heavy atom. The first-order valence-corrected chi connectivity index (χ1v) is 10.5. The Labute approximate surface area is 189 Å². The van der Waals surface area contributed by atoms with E-state index in [1.165, 1.54) is 25.4 Å². The van der Waals surface area contributed by atoms with Gasteiger partial charge >= 0.3 is 6.03 Å². The van der Waals surface area contributed by atoms with Gasteiger partial charge in [0.15, 0.2) is 5.13 Å². The van der Waals surface area contributed by atoms with Crippen LogP contribution in [0.15, 0.2) is 47.8 Å². The molecule has 0 bridgehead atoms. The van der Waals surface area contributed by atoms with Crippen molar-refractivity contribution in [2.24, 2.45) is 0 Å². The molecule has 0 spiro atoms. The summed E-state index contributed by atoms with van der Waals surface area (Å²) in [4.78, 5) is 40.2. The average Bonchev–Trinajstić information content (AvgIpc) is 3.14. The lowest BCUT2D eigenvalue weighted by Gasteiger charge is -2.12. The SMILES string of the molecule is COc1ccc(NC(C)=O)cc1NC(=O)Cc1csc(NC(=O)Nc2cccc(C)c2)n1. The van der Waals surface area contributed by atoms with E-state index in [2.05, 4.69) is 26.3 Å². The highest BCUT2D eigenvalue weighted by Gasteiger charge is 2.13. The molecule has 0 unspecified atom stereocenters. The Hall–Kier alpha value is -3.92. The number of ether oxygens (including phenoxy) is 1. The number of carbonyl (C=O) groups excluding carboxylic acids is 3. The highest BCUT2D eigenvalue weighted by atomic mass is 32.1. The molecule has 0 saturated heterocycles. The number of thiazole rings is 1. The third-order valence-corrected chi connectivity index (χ3v) is 4.99. The van der Waals surface area contributed by atoms with Crippen molar-refractivity contribution >= 4 is 51.4 Å². The van der Waals surface area contributed by atoms with Crippen LogP contribution in [0.2, 0.25) is 0 Å². The number of aromatic nitrogens is 1. The molecule has 10 heteroatoms. The van der Waals surface area contributed by atoms with E-state index >= 15 is 0 Å². The van der Waals surface area contributed by atoms with Crippen LogP contribution in [-0.4, -0.2) is 29.9 Å². The quantitative estimate of drug-likeness (QED) is 0.426. The Balaban J connectivity index is 1.58. The van der Waals surface area contributed by atoms with Crippen LogP contribution in [-0.2, 0) is 16.0 Å². The number of rotatable bonds is 7. The maximum absolute atomic E-state index is 12.5. The van der Waals surface area contributed by atoms with Gasteiger partial charge in [0, 0.05) is 23.7 Å². The summed E-state index contributed by atoms with van der Waals surface area (Å²) in [6.07, 6.45) is 0.00516. The first-order valence-electron chi connectivity index (χ1n) is 9.67. The average molecular weight is 454 g/mol. The molecule has 4 amide bonds. The third-order valence-electron chi connectivity index (χ3n) is 4.18. The molecule has 1 aromatic heterocycles. The molecule has 32 heavy (non-hydrogen) atoms. The van der Waals surface area contributed by atoms with E-state index in [4.69, 9.17) is 4.74 Å². The normalized spacial score (nSPS) is 10.2. The van der Waals surface area contributed by atoms with Gasteiger partial charge in [-0.3, -0.25) is 14.9 Å². The zero-order chi connectivity index (χ0) is 23.1. The largest absolute Gasteiger partial charge is 0.495 e. The molecule has 0 aliphatic rings. The van der Waals surface area contributed by atoms with Crippen molar-refractivity contribution in [3.8, 4) is 5.75 Å². The smallest absolute Gasteiger partial charge is 0.325 e. The molecule has 0 radical (unpaired) electrons. The number of benzene rings is 2. The number of carbonyl (C=O) groups is 3. The van der Waals surface area contributed by atoms with Crippen LogP contribution in [0.4, 0.5) is 27.0 Å². The van der Waals surface area contributed by atoms with Crippen LogP contribution >= 0.6 is 11.3 Å². The van der Waals surface area contributed by atoms with Gasteiger partial charge in [-0.25, -0.2) is 9.78 Å². The van der Waals surface area contributed by atoms with Crippen molar-refractivity contribution in [1.29, 1.82) is 0 Å². The summed E-state index contributed by atoms with van der Waals surface area (Å²) < 4.78 is 5.26. The fourth-order valence-electron chi connectivity index (χ4n) is 2.87. The molecule has 0 aliphatic heterocycles. The Morgan fingerprint density at radius 3 is 2.50 bits per heavy atom. The lowest BCUT2D eigenvalue weighted by Crippen LogP contribution is -2.19. The van der Waals surface area contributed by atoms with Crippen molar-refractivity contribution < 1.29 is 19.1 Å². The third kappa shape index (κ3) is 6.54. The lowest BCUT2D eigenvalue weighted by molar-refractivity contribution is -0.116. The minimum atomic E-state index is -0.416. The van der Waals surface area contributed by atoms with Crippen molar-refractivity contribution in [1.82, 2.24) is 4.98 Å². The van der Waals surface area contributed by atoms with Crippen LogP contribution in [0.3, 0.4) is 0 Å². The number of anilines is 4. The molecule has 9 nitrogen and oxygen atoms in total. The molecular weight excluding hydrogens is 430 g/mol. The van der Waals surface area contributed by atoms with Gasteiger partial charge in [0.1, 0.15) is 5.75 Å². The Kier molecular flexibility index (Phi) is 7.40. The zero-order valence-electron chi connectivity index (χ0n) is 17.8. The molecular formula is C22H23N5O4S. The number of hydrogen-bond acceptors (Lipinski definition) is 6. The summed E-state index contributed by atoms with van der Waals surface area (Å²) >= 11 is 1.22. The molecule has 0 saturated carbocycles. The number of amides is 4. The molecule has 3 rings (SSSR count). The minimum Gasteiger partial charge on any atom is -0.495 e. The van der Waals surface area contributed by atoms with E-state index in [1.54, 1.807) is 29.6 Å². The van der Waals surface area contributed by atoms with Gasteiger partial charge < -0.3 is 20.7 Å². The second-order valence-electron chi connectivity index (χ2n) is 6.91. The van der Waals surface area contributed by atoms with Crippen molar-refractivity contribution in [3.63, 3.8) is 0 Å². The fourth-order valence-corrected chi connectivity index (χ4v) is 3.58. The second-order valence-corrected chi connectivity index (χ2v) is 7.77. The molecule has 166 valence electrons. The molecule has 1 heterocycles. The summed E-state index contributed by atoms with van der Waals surface area (Å²) in [6.45, 7) is 3.34. The van der Waals surface area contributed by atoms with Gasteiger partial charge in [0.25, 0.3) is 0 Å². The van der Waals surface area contributed by atoms with E-state index < -0.39 is 6.03 Å². The van der Waals surface area contributed by atoms with Gasteiger partial charge in [0.2, 0.25) is 11.8 Å². The molecule has 0 atom stereocenters. The zero-order valence-corrected chi connectivity index (χ0v) is 18.6. The second kappa shape index (κ2) is 10.4. The Bertz CT molecular complexity index is 1140. The van der Waals surface area contributed by atoms with Crippen LogP contribution in [0.1, 0.15) is 18.2 Å². The van der Waals surface area contributed by atoms with Gasteiger partial charge in [-0.2, -0.15) is 0 Å². The summed E-state index contributed by atoms with van der Waals surface area (Å²) in [5.41, 5.74) is 3.18. The summed E-state index contributed by atoms with van der Waals surface area (Å²) in [5, 5.41) is 12.9. The van der Waals surface area contributed by atoms with E-state index in [0.717, 1.165) is 5.56 Å². The van der Waals surface area contributed by atoms with Crippen molar-refractivity contribution in [2.75, 3.05) is 28.4 Å². The lowest BCUT2D eigenvalue weighted by atomic mass is 10.2. The first-order chi connectivity index (χ1) is 15.3.